The molecule has 0 unspecified atom stereocenters. The lowest BCUT2D eigenvalue weighted by molar-refractivity contribution is -0.140. The minimum absolute atomic E-state index is 0.0301. The van der Waals surface area contributed by atoms with Crippen molar-refractivity contribution in [2.45, 2.75) is 6.92 Å². The predicted molar refractivity (Wildman–Crippen MR) is 27.0 cm³/mol. The molecular formula is C4H9NO2. The van der Waals surface area contributed by atoms with Gasteiger partial charge in [-0.2, -0.15) is 0 Å². The van der Waals surface area contributed by atoms with E-state index in [1.165, 1.54) is 0 Å². The van der Waals surface area contributed by atoms with E-state index in [9.17, 15) is 4.79 Å². The summed E-state index contributed by atoms with van der Waals surface area (Å²) in [6, 6.07) is 0. The van der Waals surface area contributed by atoms with Crippen LogP contribution in [0.3, 0.4) is 0 Å². The molecule has 0 heterocycles. The average Bonchev–Trinajstić information content (AvgIpc) is 1.65. The summed E-state index contributed by atoms with van der Waals surface area (Å²) in [6.45, 7) is 1.60. The normalized spacial score (nSPS) is 13.4. The van der Waals surface area contributed by atoms with Crippen molar-refractivity contribution in [2.75, 3.05) is 6.54 Å². The molecule has 0 saturated carbocycles. The first-order valence-corrected chi connectivity index (χ1v) is 2.08. The maximum absolute atomic E-state index is 9.92. The fourth-order valence-electron chi connectivity index (χ4n) is 0.0927. The zero-order valence-electron chi connectivity index (χ0n) is 4.19. The smallest absolute Gasteiger partial charge is 0.516 e. The quantitative estimate of drug-likeness (QED) is 0.451. The van der Waals surface area contributed by atoms with Crippen LogP contribution in [0.2, 0.25) is 0 Å². The highest BCUT2D eigenvalue weighted by atomic mass is 16.4. The molecule has 0 aromatic heterocycles. The summed E-state index contributed by atoms with van der Waals surface area (Å²) >= 11 is 0. The van der Waals surface area contributed by atoms with E-state index in [0.29, 0.717) is 0 Å². The highest BCUT2D eigenvalue weighted by molar-refractivity contribution is 5.69. The van der Waals surface area contributed by atoms with Gasteiger partial charge in [0.05, 0.1) is 5.92 Å². The van der Waals surface area contributed by atoms with E-state index in [2.05, 4.69) is 0 Å². The van der Waals surface area contributed by atoms with Gasteiger partial charge < -0.3 is 10.8 Å². The minimum atomic E-state index is -0.644. The first kappa shape index (κ1) is 6.43. The van der Waals surface area contributed by atoms with Gasteiger partial charge in [-0.25, -0.2) is 0 Å². The van der Waals surface area contributed by atoms with Crippen LogP contribution in [0, 0.1) is 5.92 Å². The molecule has 0 aromatic carbocycles. The van der Waals surface area contributed by atoms with Gasteiger partial charge in [0.25, 0.3) is 0 Å². The summed E-state index contributed by atoms with van der Waals surface area (Å²) in [5.74, 6) is -1.05. The fourth-order valence-corrected chi connectivity index (χ4v) is 0.0927. The van der Waals surface area contributed by atoms with Gasteiger partial charge >= 0.3 is 5.97 Å². The molecule has 0 amide bonds. The Morgan fingerprint density at radius 3 is 2.43 bits per heavy atom. The summed E-state index contributed by atoms with van der Waals surface area (Å²) in [7, 11) is 0. The molecule has 0 aromatic rings. The maximum atomic E-state index is 9.92. The number of carbonyl (C=O) groups excluding carboxylic acids is 1. The summed E-state index contributed by atoms with van der Waals surface area (Å²) in [6.07, 6.45) is 0. The third-order valence-electron chi connectivity index (χ3n) is 0.754. The van der Waals surface area contributed by atoms with Crippen molar-refractivity contribution in [1.29, 1.82) is 0 Å². The SMILES string of the molecule is C[C@H](C[NH-])C(=O)[OH2+]. The number of carbonyl (C=O) groups is 1. The van der Waals surface area contributed by atoms with Gasteiger partial charge in [0, 0.05) is 4.79 Å². The third-order valence-corrected chi connectivity index (χ3v) is 0.754. The number of hydrogen-bond donors (Lipinski definition) is 0. The summed E-state index contributed by atoms with van der Waals surface area (Å²) in [5, 5.41) is 6.42. The van der Waals surface area contributed by atoms with E-state index in [1.54, 1.807) is 6.92 Å². The number of nitrogens with one attached hydrogen (secondary N) is 1. The van der Waals surface area contributed by atoms with Gasteiger partial charge in [0.15, 0.2) is 0 Å². The Labute approximate surface area is 42.1 Å². The van der Waals surface area contributed by atoms with Crippen LogP contribution in [-0.4, -0.2) is 17.6 Å². The molecule has 3 nitrogen and oxygen atoms in total. The Kier molecular flexibility index (Phi) is 2.37. The van der Waals surface area contributed by atoms with Crippen molar-refractivity contribution in [1.82, 2.24) is 0 Å². The molecule has 3 heteroatoms. The van der Waals surface area contributed by atoms with Gasteiger partial charge in [-0.1, -0.05) is 0 Å². The molecule has 0 saturated heterocycles. The Hall–Kier alpha value is -0.570. The van der Waals surface area contributed by atoms with E-state index in [-0.39, 0.29) is 6.54 Å². The molecule has 0 rings (SSSR count). The fraction of sp³-hybridized carbons (Fsp3) is 0.750. The van der Waals surface area contributed by atoms with E-state index in [4.69, 9.17) is 10.8 Å². The molecule has 0 aliphatic rings. The lowest BCUT2D eigenvalue weighted by Crippen LogP contribution is -2.10. The molecule has 0 bridgehead atoms. The highest BCUT2D eigenvalue weighted by Crippen LogP contribution is 1.91. The number of hydrogen-bond acceptors (Lipinski definition) is 1. The lowest BCUT2D eigenvalue weighted by Gasteiger charge is -1.98. The van der Waals surface area contributed by atoms with E-state index >= 15 is 0 Å². The second-order valence-corrected chi connectivity index (χ2v) is 1.47. The van der Waals surface area contributed by atoms with Crippen molar-refractivity contribution in [2.24, 2.45) is 5.92 Å². The third kappa shape index (κ3) is 2.17. The Morgan fingerprint density at radius 2 is 2.43 bits per heavy atom. The molecule has 7 heavy (non-hydrogen) atoms. The van der Waals surface area contributed by atoms with Gasteiger partial charge in [0.2, 0.25) is 0 Å². The molecule has 0 aliphatic heterocycles. The molecule has 0 fully saturated rings. The molecule has 0 aliphatic carbocycles. The lowest BCUT2D eigenvalue weighted by atomic mass is 10.2. The molecular weight excluding hydrogens is 94.0 g/mol. The Balaban J connectivity index is 3.34. The van der Waals surface area contributed by atoms with Crippen LogP contribution in [0.25, 0.3) is 5.73 Å². The van der Waals surface area contributed by atoms with Crippen LogP contribution in [0.5, 0.6) is 0 Å². The van der Waals surface area contributed by atoms with Crippen molar-refractivity contribution >= 4 is 5.97 Å². The van der Waals surface area contributed by atoms with Gasteiger partial charge in [0.1, 0.15) is 0 Å². The van der Waals surface area contributed by atoms with Gasteiger partial charge in [-0.15, -0.1) is 6.54 Å². The summed E-state index contributed by atoms with van der Waals surface area (Å²) < 4.78 is 0. The summed E-state index contributed by atoms with van der Waals surface area (Å²) in [5.41, 5.74) is 6.60. The van der Waals surface area contributed by atoms with Crippen molar-refractivity contribution < 1.29 is 9.90 Å². The Bertz CT molecular complexity index is 72.1. The summed E-state index contributed by atoms with van der Waals surface area (Å²) in [4.78, 5) is 9.92. The van der Waals surface area contributed by atoms with E-state index < -0.39 is 11.9 Å². The van der Waals surface area contributed by atoms with E-state index in [0.717, 1.165) is 0 Å². The van der Waals surface area contributed by atoms with Crippen molar-refractivity contribution in [3.05, 3.63) is 5.73 Å². The largest absolute Gasteiger partial charge is 0.677 e. The average molecular weight is 103 g/mol. The van der Waals surface area contributed by atoms with Gasteiger partial charge in [-0.3, -0.25) is 0 Å². The van der Waals surface area contributed by atoms with Crippen molar-refractivity contribution in [3.63, 3.8) is 0 Å². The minimum Gasteiger partial charge on any atom is -0.677 e. The van der Waals surface area contributed by atoms with Crippen LogP contribution in [0.15, 0.2) is 0 Å². The highest BCUT2D eigenvalue weighted by Gasteiger charge is 2.11. The van der Waals surface area contributed by atoms with E-state index in [1.807, 2.05) is 0 Å². The van der Waals surface area contributed by atoms with Crippen LogP contribution in [-0.2, 0) is 4.79 Å². The zero-order valence-corrected chi connectivity index (χ0v) is 4.19. The van der Waals surface area contributed by atoms with Crippen LogP contribution >= 0.6 is 0 Å². The standard InChI is InChI=1S/C4H8NO2/c1-3(2-5)4(6)7/h3,5H,2H2,1H3,(H,6,7)/q-1/p+1/t3-/m1/s1. The topological polar surface area (TPSA) is 63.8 Å². The first-order valence-electron chi connectivity index (χ1n) is 2.08. The Morgan fingerprint density at radius 1 is 2.00 bits per heavy atom. The molecule has 3 N–H and O–H groups in total. The molecule has 42 valence electrons. The molecule has 0 spiro atoms. The molecule has 1 atom stereocenters. The maximum Gasteiger partial charge on any atom is 0.516 e. The van der Waals surface area contributed by atoms with Crippen LogP contribution in [0.4, 0.5) is 0 Å². The van der Waals surface area contributed by atoms with Gasteiger partial charge in [-0.05, 0) is 6.92 Å². The monoisotopic (exact) mass is 103 g/mol. The first-order chi connectivity index (χ1) is 3.18. The predicted octanol–water partition coefficient (Wildman–Crippen LogP) is -0.0741. The molecule has 0 radical (unpaired) electrons. The second-order valence-electron chi connectivity index (χ2n) is 1.47. The van der Waals surface area contributed by atoms with Crippen molar-refractivity contribution in [3.8, 4) is 0 Å². The van der Waals surface area contributed by atoms with Crippen LogP contribution < -0.4 is 0 Å². The second kappa shape index (κ2) is 2.58. The zero-order chi connectivity index (χ0) is 5.86. The van der Waals surface area contributed by atoms with Crippen LogP contribution in [0.1, 0.15) is 6.92 Å². The number of rotatable bonds is 2.